The van der Waals surface area contributed by atoms with E-state index in [0.29, 0.717) is 17.0 Å². The van der Waals surface area contributed by atoms with E-state index in [0.717, 1.165) is 11.3 Å². The Hall–Kier alpha value is -1.07. The lowest BCUT2D eigenvalue weighted by molar-refractivity contribution is 0.426. The lowest BCUT2D eigenvalue weighted by Crippen LogP contribution is -1.97. The van der Waals surface area contributed by atoms with Gasteiger partial charge in [-0.2, -0.15) is 5.10 Å². The summed E-state index contributed by atoms with van der Waals surface area (Å²) in [4.78, 5) is 0. The summed E-state index contributed by atoms with van der Waals surface area (Å²) >= 11 is 9.32. The maximum Gasteiger partial charge on any atom is 0.221 e. The molecule has 0 aliphatic carbocycles. The van der Waals surface area contributed by atoms with Crippen LogP contribution in [0.2, 0.25) is 5.02 Å². The third-order valence-electron chi connectivity index (χ3n) is 2.52. The number of nitrogens with zero attached hydrogens (tertiary/aromatic N) is 2. The van der Waals surface area contributed by atoms with Gasteiger partial charge in [0.1, 0.15) is 11.6 Å². The van der Waals surface area contributed by atoms with Gasteiger partial charge in [-0.15, -0.1) is 0 Å². The Balaban J connectivity index is 2.39. The van der Waals surface area contributed by atoms with Crippen LogP contribution in [-0.4, -0.2) is 9.78 Å². The number of aryl methyl sites for hydroxylation is 2. The molecule has 0 unspecified atom stereocenters. The Morgan fingerprint density at radius 1 is 1.50 bits per heavy atom. The maximum atomic E-state index is 13.0. The zero-order valence-corrected chi connectivity index (χ0v) is 12.2. The number of benzene rings is 1. The molecule has 0 spiro atoms. The first-order valence-corrected chi connectivity index (χ1v) is 6.74. The zero-order valence-electron chi connectivity index (χ0n) is 9.88. The molecule has 18 heavy (non-hydrogen) atoms. The van der Waals surface area contributed by atoms with E-state index >= 15 is 0 Å². The van der Waals surface area contributed by atoms with E-state index in [-0.39, 0.29) is 5.02 Å². The van der Waals surface area contributed by atoms with Crippen LogP contribution in [0.3, 0.4) is 0 Å². The molecule has 0 fully saturated rings. The molecule has 0 saturated heterocycles. The van der Waals surface area contributed by atoms with E-state index in [2.05, 4.69) is 21.0 Å². The molecule has 6 heteroatoms. The lowest BCUT2D eigenvalue weighted by atomic mass is 10.3. The van der Waals surface area contributed by atoms with Crippen LogP contribution in [0.25, 0.3) is 0 Å². The SMILES string of the molecule is Cc1nn(C)c(Oc2ccc(F)cc2Cl)c1CBr. The van der Waals surface area contributed by atoms with Crippen LogP contribution >= 0.6 is 27.5 Å². The molecule has 1 heterocycles. The normalized spacial score (nSPS) is 10.7. The minimum absolute atomic E-state index is 0.231. The molecule has 0 bridgehead atoms. The van der Waals surface area contributed by atoms with Gasteiger partial charge in [0.05, 0.1) is 10.7 Å². The number of alkyl halides is 1. The van der Waals surface area contributed by atoms with Gasteiger partial charge in [-0.05, 0) is 25.1 Å². The summed E-state index contributed by atoms with van der Waals surface area (Å²) < 4.78 is 20.3. The first-order valence-electron chi connectivity index (χ1n) is 5.24. The van der Waals surface area contributed by atoms with Crippen LogP contribution < -0.4 is 4.74 Å². The number of ether oxygens (including phenoxy) is 1. The molecule has 0 amide bonds. The molecule has 3 nitrogen and oxygen atoms in total. The van der Waals surface area contributed by atoms with E-state index in [9.17, 15) is 4.39 Å². The highest BCUT2D eigenvalue weighted by molar-refractivity contribution is 9.08. The average Bonchev–Trinajstić information content (AvgIpc) is 2.57. The van der Waals surface area contributed by atoms with Crippen molar-refractivity contribution in [3.63, 3.8) is 0 Å². The van der Waals surface area contributed by atoms with E-state index in [1.807, 2.05) is 6.92 Å². The topological polar surface area (TPSA) is 27.1 Å². The Bertz CT molecular complexity index is 586. The van der Waals surface area contributed by atoms with Crippen molar-refractivity contribution >= 4 is 27.5 Å². The van der Waals surface area contributed by atoms with Crippen LogP contribution in [0.1, 0.15) is 11.3 Å². The summed E-state index contributed by atoms with van der Waals surface area (Å²) in [5, 5.41) is 5.13. The second-order valence-electron chi connectivity index (χ2n) is 3.80. The van der Waals surface area contributed by atoms with Crippen LogP contribution in [-0.2, 0) is 12.4 Å². The molecule has 2 rings (SSSR count). The first-order chi connectivity index (χ1) is 8.52. The van der Waals surface area contributed by atoms with Crippen LogP contribution in [0.4, 0.5) is 4.39 Å². The van der Waals surface area contributed by atoms with Gasteiger partial charge < -0.3 is 4.74 Å². The summed E-state index contributed by atoms with van der Waals surface area (Å²) in [5.74, 6) is 0.607. The van der Waals surface area contributed by atoms with E-state index in [1.54, 1.807) is 11.7 Å². The Kier molecular flexibility index (Phi) is 3.92. The molecule has 0 radical (unpaired) electrons. The van der Waals surface area contributed by atoms with Gasteiger partial charge in [0.25, 0.3) is 0 Å². The second kappa shape index (κ2) is 5.28. The Morgan fingerprint density at radius 2 is 2.22 bits per heavy atom. The van der Waals surface area contributed by atoms with E-state index < -0.39 is 5.82 Å². The van der Waals surface area contributed by atoms with Crippen LogP contribution in [0, 0.1) is 12.7 Å². The van der Waals surface area contributed by atoms with Crippen LogP contribution in [0.15, 0.2) is 18.2 Å². The van der Waals surface area contributed by atoms with Crippen molar-refractivity contribution in [2.45, 2.75) is 12.3 Å². The zero-order chi connectivity index (χ0) is 13.3. The highest BCUT2D eigenvalue weighted by Crippen LogP contribution is 2.33. The van der Waals surface area contributed by atoms with Gasteiger partial charge in [-0.25, -0.2) is 9.07 Å². The van der Waals surface area contributed by atoms with Crippen molar-refractivity contribution in [2.24, 2.45) is 7.05 Å². The molecule has 0 aliphatic heterocycles. The van der Waals surface area contributed by atoms with E-state index in [1.165, 1.54) is 18.2 Å². The van der Waals surface area contributed by atoms with Crippen molar-refractivity contribution in [1.82, 2.24) is 9.78 Å². The predicted octanol–water partition coefficient (Wildman–Crippen LogP) is 4.21. The quantitative estimate of drug-likeness (QED) is 0.787. The standard InChI is InChI=1S/C12H11BrClFN2O/c1-7-9(6-13)12(17(2)16-7)18-11-4-3-8(15)5-10(11)14/h3-5H,6H2,1-2H3. The number of hydrogen-bond donors (Lipinski definition) is 0. The molecule has 1 aromatic heterocycles. The van der Waals surface area contributed by atoms with Gasteiger partial charge in [0, 0.05) is 17.9 Å². The van der Waals surface area contributed by atoms with Crippen molar-refractivity contribution in [1.29, 1.82) is 0 Å². The predicted molar refractivity (Wildman–Crippen MR) is 72.1 cm³/mol. The van der Waals surface area contributed by atoms with Crippen molar-refractivity contribution < 1.29 is 9.13 Å². The molecule has 0 aliphatic rings. The fourth-order valence-electron chi connectivity index (χ4n) is 1.62. The minimum Gasteiger partial charge on any atom is -0.437 e. The first kappa shape index (κ1) is 13.4. The summed E-state index contributed by atoms with van der Waals surface area (Å²) in [7, 11) is 1.78. The molecule has 0 N–H and O–H groups in total. The number of hydrogen-bond acceptors (Lipinski definition) is 2. The van der Waals surface area contributed by atoms with Crippen molar-refractivity contribution in [3.05, 3.63) is 40.3 Å². The van der Waals surface area contributed by atoms with E-state index in [4.69, 9.17) is 16.3 Å². The molecular formula is C12H11BrClFN2O. The van der Waals surface area contributed by atoms with Gasteiger partial charge in [-0.3, -0.25) is 0 Å². The van der Waals surface area contributed by atoms with Gasteiger partial charge >= 0.3 is 0 Å². The second-order valence-corrected chi connectivity index (χ2v) is 4.77. The number of rotatable bonds is 3. The summed E-state index contributed by atoms with van der Waals surface area (Å²) in [6.45, 7) is 1.90. The Morgan fingerprint density at radius 3 is 2.83 bits per heavy atom. The fourth-order valence-corrected chi connectivity index (χ4v) is 2.48. The molecule has 96 valence electrons. The summed E-state index contributed by atoms with van der Waals surface area (Å²) in [5.41, 5.74) is 1.82. The summed E-state index contributed by atoms with van der Waals surface area (Å²) in [6, 6.07) is 4.02. The smallest absolute Gasteiger partial charge is 0.221 e. The largest absolute Gasteiger partial charge is 0.437 e. The highest BCUT2D eigenvalue weighted by Gasteiger charge is 2.15. The fraction of sp³-hybridized carbons (Fsp3) is 0.250. The summed E-state index contributed by atoms with van der Waals surface area (Å²) in [6.07, 6.45) is 0. The number of halogens is 3. The molecule has 1 aromatic carbocycles. The van der Waals surface area contributed by atoms with Gasteiger partial charge in [-0.1, -0.05) is 27.5 Å². The number of aromatic nitrogens is 2. The third kappa shape index (κ3) is 2.52. The lowest BCUT2D eigenvalue weighted by Gasteiger charge is -2.09. The Labute approximate surface area is 118 Å². The van der Waals surface area contributed by atoms with Crippen LogP contribution in [0.5, 0.6) is 11.6 Å². The molecular weight excluding hydrogens is 322 g/mol. The molecule has 0 atom stereocenters. The monoisotopic (exact) mass is 332 g/mol. The maximum absolute atomic E-state index is 13.0. The van der Waals surface area contributed by atoms with Gasteiger partial charge in [0.15, 0.2) is 0 Å². The minimum atomic E-state index is -0.394. The van der Waals surface area contributed by atoms with Crippen molar-refractivity contribution in [2.75, 3.05) is 0 Å². The molecule has 2 aromatic rings. The third-order valence-corrected chi connectivity index (χ3v) is 3.38. The molecule has 0 saturated carbocycles. The average molecular weight is 334 g/mol. The van der Waals surface area contributed by atoms with Crippen molar-refractivity contribution in [3.8, 4) is 11.6 Å². The highest BCUT2D eigenvalue weighted by atomic mass is 79.9. The van der Waals surface area contributed by atoms with Gasteiger partial charge in [0.2, 0.25) is 5.88 Å².